The van der Waals surface area contributed by atoms with Gasteiger partial charge in [0.25, 0.3) is 0 Å². The number of nitrogens with one attached hydrogen (secondary N) is 1. The molecule has 0 radical (unpaired) electrons. The zero-order valence-electron chi connectivity index (χ0n) is 12.0. The lowest BCUT2D eigenvalue weighted by atomic mass is 9.94. The molecule has 1 aromatic heterocycles. The van der Waals surface area contributed by atoms with Gasteiger partial charge in [0, 0.05) is 11.4 Å². The fourth-order valence-electron chi connectivity index (χ4n) is 3.42. The number of hydrogen-bond donors (Lipinski definition) is 2. The molecule has 6 heteroatoms. The first kappa shape index (κ1) is 14.4. The van der Waals surface area contributed by atoms with Crippen LogP contribution in [0.1, 0.15) is 42.7 Å². The van der Waals surface area contributed by atoms with Crippen LogP contribution in [-0.2, 0) is 11.2 Å². The molecule has 2 heterocycles. The molecule has 2 N–H and O–H groups in total. The Labute approximate surface area is 128 Å². The third kappa shape index (κ3) is 2.64. The molecule has 3 atom stereocenters. The molecule has 0 spiro atoms. The summed E-state index contributed by atoms with van der Waals surface area (Å²) in [6.07, 6.45) is 3.82. The van der Waals surface area contributed by atoms with Gasteiger partial charge in [-0.05, 0) is 48.6 Å². The Kier molecular flexibility index (Phi) is 3.89. The number of fused-ring (bicyclic) bond motifs is 1. The van der Waals surface area contributed by atoms with Crippen molar-refractivity contribution in [3.05, 3.63) is 21.9 Å². The number of amides is 2. The number of likely N-dealkylation sites (tertiary alicyclic amines) is 1. The number of carboxylic acid groups (broad SMARTS) is 1. The molecule has 1 saturated heterocycles. The second kappa shape index (κ2) is 5.67. The Morgan fingerprint density at radius 1 is 1.43 bits per heavy atom. The first-order valence-electron chi connectivity index (χ1n) is 7.44. The molecule has 3 rings (SSSR count). The van der Waals surface area contributed by atoms with Crippen LogP contribution in [0.4, 0.5) is 4.79 Å². The molecule has 114 valence electrons. The number of hydrogen-bond acceptors (Lipinski definition) is 3. The van der Waals surface area contributed by atoms with E-state index >= 15 is 0 Å². The highest BCUT2D eigenvalue weighted by molar-refractivity contribution is 7.10. The largest absolute Gasteiger partial charge is 0.480 e. The quantitative estimate of drug-likeness (QED) is 0.882. The minimum atomic E-state index is -0.907. The number of urea groups is 1. The maximum absolute atomic E-state index is 12.5. The summed E-state index contributed by atoms with van der Waals surface area (Å²) in [5, 5.41) is 14.4. The lowest BCUT2D eigenvalue weighted by Gasteiger charge is -2.29. The molecule has 0 bridgehead atoms. The summed E-state index contributed by atoms with van der Waals surface area (Å²) in [7, 11) is 0. The number of carbonyl (C=O) groups excluding carboxylic acids is 1. The van der Waals surface area contributed by atoms with Crippen LogP contribution >= 0.6 is 11.3 Å². The van der Waals surface area contributed by atoms with Crippen LogP contribution in [0.2, 0.25) is 0 Å². The van der Waals surface area contributed by atoms with Gasteiger partial charge in [-0.3, -0.25) is 0 Å². The Morgan fingerprint density at radius 2 is 2.24 bits per heavy atom. The number of carboxylic acids is 1. The normalized spacial score (nSPS) is 28.2. The minimum Gasteiger partial charge on any atom is -0.480 e. The summed E-state index contributed by atoms with van der Waals surface area (Å²) in [6, 6.07) is 1.16. The van der Waals surface area contributed by atoms with Crippen molar-refractivity contribution >= 4 is 23.3 Å². The van der Waals surface area contributed by atoms with Crippen molar-refractivity contribution < 1.29 is 14.7 Å². The van der Waals surface area contributed by atoms with Gasteiger partial charge in [0.15, 0.2) is 0 Å². The van der Waals surface area contributed by atoms with Gasteiger partial charge in [0.05, 0.1) is 6.04 Å². The van der Waals surface area contributed by atoms with E-state index in [0.717, 1.165) is 25.7 Å². The van der Waals surface area contributed by atoms with Gasteiger partial charge in [0.1, 0.15) is 6.04 Å². The van der Waals surface area contributed by atoms with E-state index in [1.807, 2.05) is 6.92 Å². The average molecular weight is 308 g/mol. The molecule has 1 aliphatic carbocycles. The highest BCUT2D eigenvalue weighted by Crippen LogP contribution is 2.34. The summed E-state index contributed by atoms with van der Waals surface area (Å²) in [6.45, 7) is 2.41. The van der Waals surface area contributed by atoms with E-state index in [1.54, 1.807) is 11.3 Å². The van der Waals surface area contributed by atoms with E-state index in [-0.39, 0.29) is 18.0 Å². The second-order valence-corrected chi connectivity index (χ2v) is 6.94. The zero-order valence-corrected chi connectivity index (χ0v) is 12.9. The van der Waals surface area contributed by atoms with Crippen molar-refractivity contribution in [2.45, 2.75) is 44.7 Å². The fourth-order valence-corrected chi connectivity index (χ4v) is 4.41. The topological polar surface area (TPSA) is 69.6 Å². The summed E-state index contributed by atoms with van der Waals surface area (Å²) in [5.74, 6) is -0.897. The molecular formula is C15H20N2O3S. The predicted octanol–water partition coefficient (Wildman–Crippen LogP) is 2.63. The van der Waals surface area contributed by atoms with Gasteiger partial charge >= 0.3 is 12.0 Å². The van der Waals surface area contributed by atoms with E-state index in [2.05, 4.69) is 16.8 Å². The number of nitrogens with zero attached hydrogens (tertiary/aromatic N) is 1. The number of rotatable bonds is 2. The monoisotopic (exact) mass is 308 g/mol. The first-order chi connectivity index (χ1) is 10.1. The van der Waals surface area contributed by atoms with E-state index in [0.29, 0.717) is 6.54 Å². The SMILES string of the molecule is CC1CCN(C(=O)NC2CCCc3sccc32)C1C(=O)O. The number of carbonyl (C=O) groups is 2. The standard InChI is InChI=1S/C15H20N2O3S/c1-9-5-7-17(13(9)14(18)19)15(20)16-11-3-2-4-12-10(11)6-8-21-12/h6,8-9,11,13H,2-5,7H2,1H3,(H,16,20)(H,18,19). The van der Waals surface area contributed by atoms with Crippen molar-refractivity contribution in [3.8, 4) is 0 Å². The van der Waals surface area contributed by atoms with Crippen molar-refractivity contribution in [1.29, 1.82) is 0 Å². The van der Waals surface area contributed by atoms with E-state index in [4.69, 9.17) is 0 Å². The Bertz CT molecular complexity index is 557. The van der Waals surface area contributed by atoms with E-state index in [1.165, 1.54) is 15.3 Å². The summed E-state index contributed by atoms with van der Waals surface area (Å²) >= 11 is 1.74. The Morgan fingerprint density at radius 3 is 3.00 bits per heavy atom. The maximum Gasteiger partial charge on any atom is 0.326 e. The molecule has 1 fully saturated rings. The molecule has 0 aromatic carbocycles. The number of thiophene rings is 1. The minimum absolute atomic E-state index is 0.0105. The highest BCUT2D eigenvalue weighted by atomic mass is 32.1. The third-order valence-corrected chi connectivity index (χ3v) is 5.56. The first-order valence-corrected chi connectivity index (χ1v) is 8.32. The molecule has 1 aliphatic heterocycles. The van der Waals surface area contributed by atoms with Crippen molar-refractivity contribution in [2.24, 2.45) is 5.92 Å². The van der Waals surface area contributed by atoms with Gasteiger partial charge in [-0.15, -0.1) is 11.3 Å². The number of aliphatic carboxylic acids is 1. The summed E-state index contributed by atoms with van der Waals surface area (Å²) < 4.78 is 0. The lowest BCUT2D eigenvalue weighted by molar-refractivity contribution is -0.142. The molecule has 3 unspecified atom stereocenters. The van der Waals surface area contributed by atoms with Gasteiger partial charge in [-0.25, -0.2) is 9.59 Å². The molecule has 2 amide bonds. The van der Waals surface area contributed by atoms with Crippen LogP contribution in [0.3, 0.4) is 0 Å². The smallest absolute Gasteiger partial charge is 0.326 e. The molecular weight excluding hydrogens is 288 g/mol. The zero-order chi connectivity index (χ0) is 15.0. The second-order valence-electron chi connectivity index (χ2n) is 5.94. The maximum atomic E-state index is 12.5. The van der Waals surface area contributed by atoms with Crippen LogP contribution < -0.4 is 5.32 Å². The van der Waals surface area contributed by atoms with Gasteiger partial charge in [-0.1, -0.05) is 6.92 Å². The van der Waals surface area contributed by atoms with Crippen LogP contribution in [0.25, 0.3) is 0 Å². The molecule has 21 heavy (non-hydrogen) atoms. The molecule has 0 saturated carbocycles. The average Bonchev–Trinajstić information content (AvgIpc) is 3.05. The van der Waals surface area contributed by atoms with Crippen LogP contribution in [0.15, 0.2) is 11.4 Å². The Hall–Kier alpha value is -1.56. The fraction of sp³-hybridized carbons (Fsp3) is 0.600. The number of aryl methyl sites for hydroxylation is 1. The van der Waals surface area contributed by atoms with Crippen molar-refractivity contribution in [3.63, 3.8) is 0 Å². The van der Waals surface area contributed by atoms with Gasteiger partial charge in [0.2, 0.25) is 0 Å². The van der Waals surface area contributed by atoms with E-state index in [9.17, 15) is 14.7 Å². The Balaban J connectivity index is 1.72. The summed E-state index contributed by atoms with van der Waals surface area (Å²) in [5.41, 5.74) is 1.21. The van der Waals surface area contributed by atoms with Crippen molar-refractivity contribution in [2.75, 3.05) is 6.54 Å². The predicted molar refractivity (Wildman–Crippen MR) is 80.4 cm³/mol. The third-order valence-electron chi connectivity index (χ3n) is 4.56. The van der Waals surface area contributed by atoms with Crippen LogP contribution in [0.5, 0.6) is 0 Å². The lowest BCUT2D eigenvalue weighted by Crippen LogP contribution is -2.48. The molecule has 1 aromatic rings. The van der Waals surface area contributed by atoms with Crippen LogP contribution in [-0.4, -0.2) is 34.6 Å². The van der Waals surface area contributed by atoms with Gasteiger partial charge in [-0.2, -0.15) is 0 Å². The van der Waals surface area contributed by atoms with E-state index < -0.39 is 12.0 Å². The highest BCUT2D eigenvalue weighted by Gasteiger charge is 2.40. The summed E-state index contributed by atoms with van der Waals surface area (Å²) in [4.78, 5) is 26.6. The van der Waals surface area contributed by atoms with Gasteiger partial charge < -0.3 is 15.3 Å². The molecule has 2 aliphatic rings. The van der Waals surface area contributed by atoms with Crippen LogP contribution in [0, 0.1) is 5.92 Å². The molecule has 5 nitrogen and oxygen atoms in total. The van der Waals surface area contributed by atoms with Crippen molar-refractivity contribution in [1.82, 2.24) is 10.2 Å².